The summed E-state index contributed by atoms with van der Waals surface area (Å²) in [5.41, 5.74) is 0.103. The highest BCUT2D eigenvalue weighted by molar-refractivity contribution is 4.97. The maximum absolute atomic E-state index is 8.97. The van der Waals surface area contributed by atoms with Gasteiger partial charge in [-0.05, 0) is 18.8 Å². The van der Waals surface area contributed by atoms with Crippen LogP contribution in [0.4, 0.5) is 0 Å². The van der Waals surface area contributed by atoms with E-state index in [0.717, 1.165) is 32.5 Å². The molecule has 64 valence electrons. The van der Waals surface area contributed by atoms with Gasteiger partial charge in [0.15, 0.2) is 0 Å². The van der Waals surface area contributed by atoms with E-state index in [-0.39, 0.29) is 5.60 Å². The molecule has 2 aliphatic rings. The van der Waals surface area contributed by atoms with Crippen molar-refractivity contribution in [3.63, 3.8) is 0 Å². The molecule has 11 heavy (non-hydrogen) atoms. The third-order valence-corrected chi connectivity index (χ3v) is 2.75. The van der Waals surface area contributed by atoms with Crippen LogP contribution in [-0.2, 0) is 4.74 Å². The second-order valence-electron chi connectivity index (χ2n) is 3.68. The van der Waals surface area contributed by atoms with E-state index in [9.17, 15) is 0 Å². The summed E-state index contributed by atoms with van der Waals surface area (Å²) in [4.78, 5) is 0. The fourth-order valence-corrected chi connectivity index (χ4v) is 1.94. The van der Waals surface area contributed by atoms with Crippen molar-refractivity contribution in [2.24, 2.45) is 5.92 Å². The second-order valence-corrected chi connectivity index (χ2v) is 3.68. The number of aliphatic hydroxyl groups excluding tert-OH is 1. The van der Waals surface area contributed by atoms with E-state index in [2.05, 4.69) is 5.32 Å². The van der Waals surface area contributed by atoms with E-state index >= 15 is 0 Å². The molecule has 0 amide bonds. The van der Waals surface area contributed by atoms with Gasteiger partial charge in [-0.1, -0.05) is 0 Å². The first kappa shape index (κ1) is 7.53. The van der Waals surface area contributed by atoms with Crippen LogP contribution in [0.3, 0.4) is 0 Å². The van der Waals surface area contributed by atoms with Crippen molar-refractivity contribution in [1.82, 2.24) is 5.32 Å². The molecule has 0 aromatic rings. The highest BCUT2D eigenvalue weighted by Gasteiger charge is 2.42. The molecular weight excluding hydrogens is 142 g/mol. The van der Waals surface area contributed by atoms with Crippen molar-refractivity contribution < 1.29 is 9.84 Å². The van der Waals surface area contributed by atoms with Crippen LogP contribution in [0.25, 0.3) is 0 Å². The maximum atomic E-state index is 8.97. The zero-order chi connectivity index (χ0) is 7.73. The number of ether oxygens (including phenoxy) is 1. The standard InChI is InChI=1S/C8H15NO2/c10-4-7-1-2-11-8(3-7)5-9-6-8/h7,9-10H,1-6H2. The van der Waals surface area contributed by atoms with Crippen molar-refractivity contribution in [2.45, 2.75) is 18.4 Å². The second kappa shape index (κ2) is 2.73. The first-order valence-corrected chi connectivity index (χ1v) is 4.30. The van der Waals surface area contributed by atoms with Gasteiger partial charge in [-0.2, -0.15) is 0 Å². The van der Waals surface area contributed by atoms with Gasteiger partial charge < -0.3 is 15.2 Å². The van der Waals surface area contributed by atoms with Crippen LogP contribution in [0.1, 0.15) is 12.8 Å². The van der Waals surface area contributed by atoms with Crippen LogP contribution in [0.2, 0.25) is 0 Å². The highest BCUT2D eigenvalue weighted by Crippen LogP contribution is 2.31. The van der Waals surface area contributed by atoms with Gasteiger partial charge in [-0.15, -0.1) is 0 Å². The molecule has 0 aliphatic carbocycles. The monoisotopic (exact) mass is 157 g/mol. The molecule has 2 heterocycles. The fourth-order valence-electron chi connectivity index (χ4n) is 1.94. The maximum Gasteiger partial charge on any atom is 0.0933 e. The summed E-state index contributed by atoms with van der Waals surface area (Å²) in [7, 11) is 0. The normalized spacial score (nSPS) is 35.2. The van der Waals surface area contributed by atoms with Gasteiger partial charge in [0.2, 0.25) is 0 Å². The molecule has 0 aromatic carbocycles. The molecule has 3 heteroatoms. The zero-order valence-corrected chi connectivity index (χ0v) is 6.68. The Hall–Kier alpha value is -0.120. The molecule has 0 saturated carbocycles. The first-order chi connectivity index (χ1) is 5.35. The third kappa shape index (κ3) is 1.28. The average Bonchev–Trinajstić information content (AvgIpc) is 2.02. The minimum Gasteiger partial charge on any atom is -0.396 e. The SMILES string of the molecule is OCC1CCOC2(CNC2)C1. The highest BCUT2D eigenvalue weighted by atomic mass is 16.5. The fraction of sp³-hybridized carbons (Fsp3) is 1.00. The molecule has 2 fully saturated rings. The lowest BCUT2D eigenvalue weighted by molar-refractivity contribution is -0.131. The van der Waals surface area contributed by atoms with E-state index in [1.165, 1.54) is 0 Å². The summed E-state index contributed by atoms with van der Waals surface area (Å²) in [6.07, 6.45) is 2.06. The van der Waals surface area contributed by atoms with Crippen LogP contribution < -0.4 is 5.32 Å². The predicted octanol–water partition coefficient (Wildman–Crippen LogP) is -0.253. The minimum absolute atomic E-state index is 0.103. The van der Waals surface area contributed by atoms with Crippen LogP contribution in [0.15, 0.2) is 0 Å². The van der Waals surface area contributed by atoms with Crippen molar-refractivity contribution in [3.8, 4) is 0 Å². The minimum atomic E-state index is 0.103. The Labute approximate surface area is 66.7 Å². The average molecular weight is 157 g/mol. The number of aliphatic hydroxyl groups is 1. The molecule has 3 nitrogen and oxygen atoms in total. The van der Waals surface area contributed by atoms with E-state index < -0.39 is 0 Å². The van der Waals surface area contributed by atoms with E-state index in [1.54, 1.807) is 0 Å². The van der Waals surface area contributed by atoms with E-state index in [4.69, 9.17) is 9.84 Å². The summed E-state index contributed by atoms with van der Waals surface area (Å²) in [5.74, 6) is 0.478. The first-order valence-electron chi connectivity index (χ1n) is 4.30. The zero-order valence-electron chi connectivity index (χ0n) is 6.68. The summed E-state index contributed by atoms with van der Waals surface area (Å²) < 4.78 is 5.66. The molecule has 1 atom stereocenters. The third-order valence-electron chi connectivity index (χ3n) is 2.75. The molecule has 2 N–H and O–H groups in total. The number of hydrogen-bond acceptors (Lipinski definition) is 3. The Morgan fingerprint density at radius 1 is 1.55 bits per heavy atom. The lowest BCUT2D eigenvalue weighted by Gasteiger charge is -2.47. The topological polar surface area (TPSA) is 41.5 Å². The van der Waals surface area contributed by atoms with Gasteiger partial charge in [0, 0.05) is 26.3 Å². The van der Waals surface area contributed by atoms with Crippen molar-refractivity contribution in [3.05, 3.63) is 0 Å². The van der Waals surface area contributed by atoms with Crippen LogP contribution >= 0.6 is 0 Å². The lowest BCUT2D eigenvalue weighted by Crippen LogP contribution is -2.63. The van der Waals surface area contributed by atoms with Gasteiger partial charge in [-0.25, -0.2) is 0 Å². The smallest absolute Gasteiger partial charge is 0.0933 e. The Morgan fingerprint density at radius 3 is 2.91 bits per heavy atom. The Balaban J connectivity index is 1.92. The molecule has 2 rings (SSSR count). The quantitative estimate of drug-likeness (QED) is 0.551. The number of nitrogens with one attached hydrogen (secondary N) is 1. The molecule has 0 bridgehead atoms. The van der Waals surface area contributed by atoms with Gasteiger partial charge in [0.1, 0.15) is 0 Å². The predicted molar refractivity (Wildman–Crippen MR) is 41.4 cm³/mol. The van der Waals surface area contributed by atoms with Crippen LogP contribution in [0.5, 0.6) is 0 Å². The van der Waals surface area contributed by atoms with Crippen LogP contribution in [0, 0.1) is 5.92 Å². The van der Waals surface area contributed by atoms with Gasteiger partial charge in [0.25, 0.3) is 0 Å². The molecule has 1 unspecified atom stereocenters. The number of rotatable bonds is 1. The molecule has 0 radical (unpaired) electrons. The Kier molecular flexibility index (Phi) is 1.87. The number of hydrogen-bond donors (Lipinski definition) is 2. The van der Waals surface area contributed by atoms with Crippen molar-refractivity contribution in [2.75, 3.05) is 26.3 Å². The summed E-state index contributed by atoms with van der Waals surface area (Å²) in [5, 5.41) is 12.2. The Bertz CT molecular complexity index is 145. The van der Waals surface area contributed by atoms with E-state index in [1.807, 2.05) is 0 Å². The molecular formula is C8H15NO2. The summed E-state index contributed by atoms with van der Waals surface area (Å²) >= 11 is 0. The lowest BCUT2D eigenvalue weighted by atomic mass is 9.82. The van der Waals surface area contributed by atoms with Gasteiger partial charge in [-0.3, -0.25) is 0 Å². The Morgan fingerprint density at radius 2 is 2.36 bits per heavy atom. The molecule has 0 aromatic heterocycles. The van der Waals surface area contributed by atoms with Crippen molar-refractivity contribution >= 4 is 0 Å². The van der Waals surface area contributed by atoms with Gasteiger partial charge in [0.05, 0.1) is 5.60 Å². The summed E-state index contributed by atoms with van der Waals surface area (Å²) in [6, 6.07) is 0. The molecule has 2 aliphatic heterocycles. The van der Waals surface area contributed by atoms with E-state index in [0.29, 0.717) is 12.5 Å². The molecule has 1 spiro atoms. The van der Waals surface area contributed by atoms with Crippen molar-refractivity contribution in [1.29, 1.82) is 0 Å². The molecule has 2 saturated heterocycles. The largest absolute Gasteiger partial charge is 0.396 e. The van der Waals surface area contributed by atoms with Crippen LogP contribution in [-0.4, -0.2) is 37.0 Å². The van der Waals surface area contributed by atoms with Gasteiger partial charge >= 0.3 is 0 Å². The summed E-state index contributed by atoms with van der Waals surface area (Å²) in [6.45, 7) is 3.10.